The maximum Gasteiger partial charge on any atom is 0.416 e. The summed E-state index contributed by atoms with van der Waals surface area (Å²) in [6.07, 6.45) is -4.49. The van der Waals surface area contributed by atoms with Crippen LogP contribution in [0.3, 0.4) is 0 Å². The first kappa shape index (κ1) is 18.9. The molecule has 2 amide bonds. The molecule has 3 rings (SSSR count). The second kappa shape index (κ2) is 7.79. The summed E-state index contributed by atoms with van der Waals surface area (Å²) >= 11 is 0. The highest BCUT2D eigenvalue weighted by Crippen LogP contribution is 2.30. The molecule has 0 radical (unpaired) electrons. The molecule has 0 aromatic heterocycles. The van der Waals surface area contributed by atoms with Crippen LogP contribution in [0, 0.1) is 0 Å². The SMILES string of the molecule is O=C1C[NH+]([C@@H](C(=O)Nc2cccc(C(F)(F)F)c2)c2ccccc2)CCN1. The molecule has 8 heteroatoms. The number of anilines is 1. The van der Waals surface area contributed by atoms with E-state index in [1.54, 1.807) is 24.3 Å². The second-order valence-corrected chi connectivity index (χ2v) is 6.35. The van der Waals surface area contributed by atoms with Crippen LogP contribution in [0.15, 0.2) is 54.6 Å². The van der Waals surface area contributed by atoms with Gasteiger partial charge in [0, 0.05) is 11.3 Å². The van der Waals surface area contributed by atoms with E-state index in [2.05, 4.69) is 10.6 Å². The molecule has 0 spiro atoms. The minimum absolute atomic E-state index is 0.0663. The number of benzene rings is 2. The molecular formula is C19H19F3N3O2+. The number of rotatable bonds is 4. The standard InChI is InChI=1S/C19H18F3N3O2/c20-19(21,22)14-7-4-8-15(11-14)24-18(27)17(13-5-2-1-3-6-13)25-10-9-23-16(26)12-25/h1-8,11,17H,9-10,12H2,(H,23,26)(H,24,27)/p+1/t17-/m1/s1. The molecule has 142 valence electrons. The fourth-order valence-corrected chi connectivity index (χ4v) is 3.17. The second-order valence-electron chi connectivity index (χ2n) is 6.35. The first-order valence-electron chi connectivity index (χ1n) is 8.49. The third-order valence-corrected chi connectivity index (χ3v) is 4.42. The van der Waals surface area contributed by atoms with Gasteiger partial charge in [-0.1, -0.05) is 36.4 Å². The normalized spacial score (nSPS) is 18.5. The molecular weight excluding hydrogens is 359 g/mol. The van der Waals surface area contributed by atoms with E-state index in [-0.39, 0.29) is 18.1 Å². The van der Waals surface area contributed by atoms with E-state index in [0.29, 0.717) is 18.7 Å². The molecule has 1 heterocycles. The van der Waals surface area contributed by atoms with Crippen molar-refractivity contribution in [3.63, 3.8) is 0 Å². The van der Waals surface area contributed by atoms with Gasteiger partial charge >= 0.3 is 6.18 Å². The molecule has 0 saturated carbocycles. The molecule has 1 aliphatic rings. The van der Waals surface area contributed by atoms with Gasteiger partial charge in [0.05, 0.1) is 18.7 Å². The van der Waals surface area contributed by atoms with Gasteiger partial charge in [-0.05, 0) is 18.2 Å². The summed E-state index contributed by atoms with van der Waals surface area (Å²) in [5, 5.41) is 5.29. The van der Waals surface area contributed by atoms with Crippen LogP contribution in [-0.4, -0.2) is 31.4 Å². The Bertz CT molecular complexity index is 824. The summed E-state index contributed by atoms with van der Waals surface area (Å²) < 4.78 is 38.7. The van der Waals surface area contributed by atoms with Crippen molar-refractivity contribution >= 4 is 17.5 Å². The van der Waals surface area contributed by atoms with Crippen LogP contribution in [0.1, 0.15) is 17.2 Å². The Labute approximate surface area is 154 Å². The molecule has 1 saturated heterocycles. The Hall–Kier alpha value is -2.87. The van der Waals surface area contributed by atoms with Crippen molar-refractivity contribution in [2.24, 2.45) is 0 Å². The third kappa shape index (κ3) is 4.65. The van der Waals surface area contributed by atoms with Crippen LogP contribution < -0.4 is 15.5 Å². The molecule has 2 aromatic carbocycles. The van der Waals surface area contributed by atoms with E-state index in [0.717, 1.165) is 17.0 Å². The Balaban J connectivity index is 1.86. The zero-order chi connectivity index (χ0) is 19.4. The quantitative estimate of drug-likeness (QED) is 0.753. The van der Waals surface area contributed by atoms with Crippen LogP contribution in [0.5, 0.6) is 0 Å². The van der Waals surface area contributed by atoms with Crippen molar-refractivity contribution in [3.8, 4) is 0 Å². The largest absolute Gasteiger partial charge is 0.416 e. The third-order valence-electron chi connectivity index (χ3n) is 4.42. The Morgan fingerprint density at radius 2 is 1.85 bits per heavy atom. The number of alkyl halides is 3. The number of piperazine rings is 1. The van der Waals surface area contributed by atoms with E-state index < -0.39 is 23.7 Å². The Kier molecular flexibility index (Phi) is 5.46. The first-order valence-corrected chi connectivity index (χ1v) is 8.49. The lowest BCUT2D eigenvalue weighted by molar-refractivity contribution is -0.915. The fraction of sp³-hybridized carbons (Fsp3) is 0.263. The molecule has 27 heavy (non-hydrogen) atoms. The summed E-state index contributed by atoms with van der Waals surface area (Å²) in [6, 6.07) is 12.7. The van der Waals surface area contributed by atoms with Crippen molar-refractivity contribution in [2.75, 3.05) is 25.0 Å². The number of carbonyl (C=O) groups is 2. The number of nitrogens with one attached hydrogen (secondary N) is 3. The summed E-state index contributed by atoms with van der Waals surface area (Å²) in [5.41, 5.74) is -0.0652. The van der Waals surface area contributed by atoms with Gasteiger partial charge in [0.15, 0.2) is 12.6 Å². The minimum atomic E-state index is -4.49. The van der Waals surface area contributed by atoms with Crippen molar-refractivity contribution in [2.45, 2.75) is 12.2 Å². The minimum Gasteiger partial charge on any atom is -0.346 e. The lowest BCUT2D eigenvalue weighted by Gasteiger charge is -2.30. The number of quaternary nitrogens is 1. The van der Waals surface area contributed by atoms with Gasteiger partial charge < -0.3 is 15.5 Å². The van der Waals surface area contributed by atoms with Gasteiger partial charge in [-0.2, -0.15) is 13.2 Å². The highest BCUT2D eigenvalue weighted by atomic mass is 19.4. The van der Waals surface area contributed by atoms with Gasteiger partial charge in [0.25, 0.3) is 11.8 Å². The molecule has 1 aliphatic heterocycles. The predicted molar refractivity (Wildman–Crippen MR) is 93.0 cm³/mol. The average molecular weight is 378 g/mol. The molecule has 0 aliphatic carbocycles. The topological polar surface area (TPSA) is 62.6 Å². The molecule has 2 aromatic rings. The van der Waals surface area contributed by atoms with Gasteiger partial charge in [-0.3, -0.25) is 9.59 Å². The van der Waals surface area contributed by atoms with Crippen LogP contribution in [0.25, 0.3) is 0 Å². The maximum atomic E-state index is 12.9. The van der Waals surface area contributed by atoms with Crippen molar-refractivity contribution in [1.82, 2.24) is 5.32 Å². The smallest absolute Gasteiger partial charge is 0.346 e. The number of amides is 2. The van der Waals surface area contributed by atoms with Crippen molar-refractivity contribution in [3.05, 3.63) is 65.7 Å². The summed E-state index contributed by atoms with van der Waals surface area (Å²) in [4.78, 5) is 25.4. The van der Waals surface area contributed by atoms with Gasteiger partial charge in [-0.25, -0.2) is 0 Å². The van der Waals surface area contributed by atoms with Crippen LogP contribution in [0.2, 0.25) is 0 Å². The van der Waals surface area contributed by atoms with Crippen molar-refractivity contribution < 1.29 is 27.7 Å². The van der Waals surface area contributed by atoms with Gasteiger partial charge in [0.2, 0.25) is 0 Å². The number of hydrogen-bond acceptors (Lipinski definition) is 2. The van der Waals surface area contributed by atoms with Gasteiger partial charge in [-0.15, -0.1) is 0 Å². The van der Waals surface area contributed by atoms with Crippen molar-refractivity contribution in [1.29, 1.82) is 0 Å². The van der Waals surface area contributed by atoms with E-state index in [4.69, 9.17) is 0 Å². The zero-order valence-corrected chi connectivity index (χ0v) is 14.3. The average Bonchev–Trinajstić information content (AvgIpc) is 2.62. The Morgan fingerprint density at radius 3 is 2.52 bits per heavy atom. The molecule has 1 unspecified atom stereocenters. The highest BCUT2D eigenvalue weighted by molar-refractivity contribution is 5.94. The molecule has 5 nitrogen and oxygen atoms in total. The summed E-state index contributed by atoms with van der Waals surface area (Å²) in [6.45, 7) is 1.10. The molecule has 3 N–H and O–H groups in total. The van der Waals surface area contributed by atoms with Crippen LogP contribution in [0.4, 0.5) is 18.9 Å². The first-order chi connectivity index (χ1) is 12.8. The highest BCUT2D eigenvalue weighted by Gasteiger charge is 2.35. The lowest BCUT2D eigenvalue weighted by atomic mass is 10.0. The number of halogens is 3. The summed E-state index contributed by atoms with van der Waals surface area (Å²) in [7, 11) is 0. The maximum absolute atomic E-state index is 12.9. The zero-order valence-electron chi connectivity index (χ0n) is 14.3. The van der Waals surface area contributed by atoms with E-state index in [1.165, 1.54) is 12.1 Å². The predicted octanol–water partition coefficient (Wildman–Crippen LogP) is 1.40. The Morgan fingerprint density at radius 1 is 1.11 bits per heavy atom. The monoisotopic (exact) mass is 378 g/mol. The summed E-state index contributed by atoms with van der Waals surface area (Å²) in [5.74, 6) is -0.616. The van der Waals surface area contributed by atoms with Crippen LogP contribution in [-0.2, 0) is 15.8 Å². The van der Waals surface area contributed by atoms with E-state index in [1.807, 2.05) is 6.07 Å². The van der Waals surface area contributed by atoms with Gasteiger partial charge in [0.1, 0.15) is 0 Å². The molecule has 0 bridgehead atoms. The molecule has 1 fully saturated rings. The lowest BCUT2D eigenvalue weighted by Crippen LogP contribution is -3.16. The van der Waals surface area contributed by atoms with E-state index in [9.17, 15) is 22.8 Å². The fourth-order valence-electron chi connectivity index (χ4n) is 3.17. The molecule has 2 atom stereocenters. The van der Waals surface area contributed by atoms with E-state index >= 15 is 0 Å². The number of carbonyl (C=O) groups excluding carboxylic acids is 2. The number of hydrogen-bond donors (Lipinski definition) is 3. The van der Waals surface area contributed by atoms with Crippen LogP contribution >= 0.6 is 0 Å².